The van der Waals surface area contributed by atoms with Crippen LogP contribution in [0.2, 0.25) is 0 Å². The highest BCUT2D eigenvalue weighted by Gasteiger charge is 2.36. The summed E-state index contributed by atoms with van der Waals surface area (Å²) in [5.41, 5.74) is 0.833. The van der Waals surface area contributed by atoms with Crippen molar-refractivity contribution >= 4 is 11.7 Å². The van der Waals surface area contributed by atoms with Crippen molar-refractivity contribution < 1.29 is 9.90 Å². The molecule has 158 valence electrons. The third-order valence-electron chi connectivity index (χ3n) is 5.37. The molecule has 2 heterocycles. The third-order valence-corrected chi connectivity index (χ3v) is 5.37. The summed E-state index contributed by atoms with van der Waals surface area (Å²) in [4.78, 5) is 18.8. The minimum Gasteiger partial charge on any atom is -0.389 e. The number of hydrogen-bond donors (Lipinski definition) is 2. The Bertz CT molecular complexity index is 785. The molecule has 2 unspecified atom stereocenters. The first-order chi connectivity index (χ1) is 13.8. The van der Waals surface area contributed by atoms with Gasteiger partial charge in [0.25, 0.3) is 0 Å². The van der Waals surface area contributed by atoms with Gasteiger partial charge in [0.1, 0.15) is 0 Å². The van der Waals surface area contributed by atoms with Gasteiger partial charge in [0, 0.05) is 37.4 Å². The number of nitrogens with one attached hydrogen (secondary N) is 1. The molecule has 1 aromatic carbocycles. The molecule has 8 heteroatoms. The highest BCUT2D eigenvalue weighted by molar-refractivity contribution is 5.89. The number of nitrogens with zero attached hydrogens (tertiary/aromatic N) is 5. The van der Waals surface area contributed by atoms with Gasteiger partial charge in [0.2, 0.25) is 0 Å². The Morgan fingerprint density at radius 2 is 1.72 bits per heavy atom. The first-order valence-electron chi connectivity index (χ1n) is 10.3. The zero-order valence-corrected chi connectivity index (χ0v) is 17.7. The van der Waals surface area contributed by atoms with Crippen LogP contribution in [0.1, 0.15) is 40.5 Å². The van der Waals surface area contributed by atoms with E-state index in [9.17, 15) is 9.90 Å². The van der Waals surface area contributed by atoms with Gasteiger partial charge in [0.15, 0.2) is 0 Å². The predicted octanol–water partition coefficient (Wildman–Crippen LogP) is 2.74. The molecule has 29 heavy (non-hydrogen) atoms. The maximum absolute atomic E-state index is 13.0. The molecular formula is C21H32N6O2. The Balaban J connectivity index is 1.67. The van der Waals surface area contributed by atoms with Crippen molar-refractivity contribution in [2.75, 3.05) is 25.0 Å². The lowest BCUT2D eigenvalue weighted by atomic mass is 10.00. The van der Waals surface area contributed by atoms with E-state index in [0.29, 0.717) is 13.1 Å². The summed E-state index contributed by atoms with van der Waals surface area (Å²) in [7, 11) is 0. The number of carbonyl (C=O) groups is 1. The summed E-state index contributed by atoms with van der Waals surface area (Å²) < 4.78 is 0. The molecule has 0 spiro atoms. The lowest BCUT2D eigenvalue weighted by Gasteiger charge is -2.47. The Kier molecular flexibility index (Phi) is 6.54. The number of rotatable bonds is 6. The molecule has 2 N–H and O–H groups in total. The lowest BCUT2D eigenvalue weighted by molar-refractivity contribution is -0.0173. The van der Waals surface area contributed by atoms with Crippen molar-refractivity contribution in [3.8, 4) is 5.69 Å². The SMILES string of the molecule is CCC1CN(C(=O)Nc2ccc(-n3nccn3)cc2)C(CC)CN1CC(C)(C)O. The molecule has 0 saturated carbocycles. The number of aliphatic hydroxyl groups is 1. The Morgan fingerprint density at radius 1 is 1.10 bits per heavy atom. The van der Waals surface area contributed by atoms with Gasteiger partial charge in [-0.15, -0.1) is 0 Å². The summed E-state index contributed by atoms with van der Waals surface area (Å²) >= 11 is 0. The maximum Gasteiger partial charge on any atom is 0.322 e. The summed E-state index contributed by atoms with van der Waals surface area (Å²) in [6, 6.07) is 7.75. The molecule has 1 aliphatic rings. The first kappa shape index (κ1) is 21.3. The van der Waals surface area contributed by atoms with Crippen molar-refractivity contribution in [2.45, 2.75) is 58.2 Å². The number of β-amino-alcohol motifs (C(OH)–C–C–N with tert-alkyl or cyclic N) is 1. The topological polar surface area (TPSA) is 86.5 Å². The van der Waals surface area contributed by atoms with Crippen molar-refractivity contribution in [2.24, 2.45) is 0 Å². The molecule has 2 amide bonds. The second kappa shape index (κ2) is 8.92. The van der Waals surface area contributed by atoms with Crippen LogP contribution in [0.5, 0.6) is 0 Å². The lowest BCUT2D eigenvalue weighted by Crippen LogP contribution is -2.62. The van der Waals surface area contributed by atoms with Crippen LogP contribution in [0, 0.1) is 0 Å². The maximum atomic E-state index is 13.0. The Hall–Kier alpha value is -2.45. The zero-order chi connectivity index (χ0) is 21.0. The monoisotopic (exact) mass is 400 g/mol. The zero-order valence-electron chi connectivity index (χ0n) is 17.7. The van der Waals surface area contributed by atoms with E-state index >= 15 is 0 Å². The Morgan fingerprint density at radius 3 is 2.28 bits per heavy atom. The minimum atomic E-state index is -0.749. The van der Waals surface area contributed by atoms with E-state index in [2.05, 4.69) is 34.3 Å². The van der Waals surface area contributed by atoms with E-state index in [1.54, 1.807) is 12.4 Å². The van der Waals surface area contributed by atoms with E-state index in [0.717, 1.165) is 30.8 Å². The minimum absolute atomic E-state index is 0.0804. The van der Waals surface area contributed by atoms with Crippen LogP contribution in [-0.4, -0.2) is 73.3 Å². The van der Waals surface area contributed by atoms with Gasteiger partial charge in [-0.25, -0.2) is 4.79 Å². The van der Waals surface area contributed by atoms with Crippen molar-refractivity contribution in [1.29, 1.82) is 0 Å². The molecule has 2 atom stereocenters. The highest BCUT2D eigenvalue weighted by atomic mass is 16.3. The van der Waals surface area contributed by atoms with E-state index < -0.39 is 5.60 Å². The van der Waals surface area contributed by atoms with E-state index in [1.807, 2.05) is 43.0 Å². The second-order valence-electron chi connectivity index (χ2n) is 8.31. The van der Waals surface area contributed by atoms with E-state index in [4.69, 9.17) is 0 Å². The quantitative estimate of drug-likeness (QED) is 0.779. The molecule has 1 fully saturated rings. The molecule has 2 aromatic rings. The number of urea groups is 1. The number of anilines is 1. The molecule has 1 aliphatic heterocycles. The summed E-state index contributed by atoms with van der Waals surface area (Å²) in [6.07, 6.45) is 5.06. The molecule has 0 bridgehead atoms. The number of piperazine rings is 1. The van der Waals surface area contributed by atoms with Crippen LogP contribution < -0.4 is 5.32 Å². The largest absolute Gasteiger partial charge is 0.389 e. The number of aromatic nitrogens is 3. The van der Waals surface area contributed by atoms with E-state index in [1.165, 1.54) is 4.80 Å². The standard InChI is InChI=1S/C21H32N6O2/c1-5-17-14-26(18(6-2)13-25(17)15-21(3,4)29)20(28)24-16-7-9-19(10-8-16)27-22-11-12-23-27/h7-12,17-18,29H,5-6,13-15H2,1-4H3,(H,24,28). The smallest absolute Gasteiger partial charge is 0.322 e. The average Bonchev–Trinajstić information content (AvgIpc) is 3.21. The molecule has 0 radical (unpaired) electrons. The summed E-state index contributed by atoms with van der Waals surface area (Å²) in [5, 5.41) is 21.5. The van der Waals surface area contributed by atoms with E-state index in [-0.39, 0.29) is 18.1 Å². The summed E-state index contributed by atoms with van der Waals surface area (Å²) in [6.45, 7) is 9.95. The van der Waals surface area contributed by atoms with Crippen LogP contribution >= 0.6 is 0 Å². The highest BCUT2D eigenvalue weighted by Crippen LogP contribution is 2.23. The van der Waals surface area contributed by atoms with Crippen molar-refractivity contribution in [1.82, 2.24) is 24.8 Å². The predicted molar refractivity (Wildman–Crippen MR) is 113 cm³/mol. The molecule has 1 saturated heterocycles. The molecule has 8 nitrogen and oxygen atoms in total. The Labute approximate surface area is 172 Å². The molecular weight excluding hydrogens is 368 g/mol. The van der Waals surface area contributed by atoms with Crippen LogP contribution in [0.4, 0.5) is 10.5 Å². The van der Waals surface area contributed by atoms with Crippen LogP contribution in [0.25, 0.3) is 5.69 Å². The third kappa shape index (κ3) is 5.33. The van der Waals surface area contributed by atoms with Gasteiger partial charge in [-0.2, -0.15) is 15.0 Å². The normalized spacial score (nSPS) is 20.7. The van der Waals surface area contributed by atoms with Gasteiger partial charge < -0.3 is 15.3 Å². The number of carbonyl (C=O) groups excluding carboxylic acids is 1. The van der Waals surface area contributed by atoms with Crippen LogP contribution in [-0.2, 0) is 0 Å². The summed E-state index contributed by atoms with van der Waals surface area (Å²) in [5.74, 6) is 0. The first-order valence-corrected chi connectivity index (χ1v) is 10.3. The fourth-order valence-electron chi connectivity index (χ4n) is 3.91. The average molecular weight is 401 g/mol. The number of benzene rings is 1. The van der Waals surface area contributed by atoms with Crippen molar-refractivity contribution in [3.05, 3.63) is 36.7 Å². The fourth-order valence-corrected chi connectivity index (χ4v) is 3.91. The molecule has 1 aromatic heterocycles. The fraction of sp³-hybridized carbons (Fsp3) is 0.571. The molecule has 0 aliphatic carbocycles. The number of amides is 2. The second-order valence-corrected chi connectivity index (χ2v) is 8.31. The van der Waals surface area contributed by atoms with Gasteiger partial charge in [-0.3, -0.25) is 4.90 Å². The van der Waals surface area contributed by atoms with Gasteiger partial charge in [-0.05, 0) is 51.0 Å². The van der Waals surface area contributed by atoms with Crippen LogP contribution in [0.3, 0.4) is 0 Å². The van der Waals surface area contributed by atoms with Gasteiger partial charge in [0.05, 0.1) is 23.7 Å². The van der Waals surface area contributed by atoms with Gasteiger partial charge >= 0.3 is 6.03 Å². The molecule has 3 rings (SSSR count). The number of hydrogen-bond acceptors (Lipinski definition) is 5. The van der Waals surface area contributed by atoms with Crippen molar-refractivity contribution in [3.63, 3.8) is 0 Å². The van der Waals surface area contributed by atoms with Crippen LogP contribution in [0.15, 0.2) is 36.7 Å². The van der Waals surface area contributed by atoms with Gasteiger partial charge in [-0.1, -0.05) is 13.8 Å².